The van der Waals surface area contributed by atoms with E-state index in [1.807, 2.05) is 16.2 Å². The van der Waals surface area contributed by atoms with Crippen LogP contribution in [0.2, 0.25) is 0 Å². The second kappa shape index (κ2) is 8.69. The van der Waals surface area contributed by atoms with Gasteiger partial charge in [-0.15, -0.1) is 0 Å². The maximum absolute atomic E-state index is 12.6. The Morgan fingerprint density at radius 1 is 0.968 bits per heavy atom. The topological polar surface area (TPSA) is 180 Å². The molecular weight excluding hydrogens is 412 g/mol. The molecule has 4 N–H and O–H groups in total. The minimum Gasteiger partial charge on any atom is -0.307 e. The molecule has 1 atom stereocenters. The minimum absolute atomic E-state index is 0.152. The maximum atomic E-state index is 12.6. The fraction of sp³-hybridized carbons (Fsp3) is 0.0556. The number of para-hydroxylation sites is 1. The molecule has 1 aliphatic rings. The number of carbonyl (C=O) groups is 5. The second-order valence-electron chi connectivity index (χ2n) is 6.11. The molecule has 13 nitrogen and oxygen atoms in total. The number of barbiturate groups is 1. The molecule has 0 aromatic heterocycles. The van der Waals surface area contributed by atoms with Crippen LogP contribution >= 0.6 is 0 Å². The highest BCUT2D eigenvalue weighted by molar-refractivity contribution is 6.34. The molecule has 1 fully saturated rings. The number of nitrogens with one attached hydrogen (secondary N) is 4. The number of nitro benzene ring substituents is 1. The van der Waals surface area contributed by atoms with Gasteiger partial charge in [0.15, 0.2) is 5.92 Å². The molecule has 1 heterocycles. The van der Waals surface area contributed by atoms with E-state index in [9.17, 15) is 34.1 Å². The summed E-state index contributed by atoms with van der Waals surface area (Å²) in [4.78, 5) is 71.6. The summed E-state index contributed by atoms with van der Waals surface area (Å²) in [6.45, 7) is 0. The zero-order valence-corrected chi connectivity index (χ0v) is 15.5. The lowest BCUT2D eigenvalue weighted by molar-refractivity contribution is -0.384. The van der Waals surface area contributed by atoms with Crippen LogP contribution in [0.4, 0.5) is 26.7 Å². The molecule has 158 valence electrons. The Morgan fingerprint density at radius 3 is 2.23 bits per heavy atom. The van der Waals surface area contributed by atoms with E-state index in [0.29, 0.717) is 4.90 Å². The number of urea groups is 2. The number of hydrogen-bond acceptors (Lipinski definition) is 7. The van der Waals surface area contributed by atoms with Gasteiger partial charge in [-0.3, -0.25) is 35.2 Å². The number of amides is 7. The summed E-state index contributed by atoms with van der Waals surface area (Å²) in [5.41, 5.74) is 4.03. The van der Waals surface area contributed by atoms with Crippen molar-refractivity contribution in [3.8, 4) is 0 Å². The van der Waals surface area contributed by atoms with Crippen LogP contribution in [0.25, 0.3) is 0 Å². The summed E-state index contributed by atoms with van der Waals surface area (Å²) in [5.74, 6) is -5.32. The summed E-state index contributed by atoms with van der Waals surface area (Å²) in [7, 11) is 0. The predicted octanol–water partition coefficient (Wildman–Crippen LogP) is 0.647. The number of hydrogen-bond donors (Lipinski definition) is 4. The number of nitro groups is 1. The maximum Gasteiger partial charge on any atom is 0.337 e. The molecule has 1 saturated heterocycles. The zero-order valence-electron chi connectivity index (χ0n) is 15.5. The monoisotopic (exact) mass is 426 g/mol. The molecule has 0 radical (unpaired) electrons. The van der Waals surface area contributed by atoms with Gasteiger partial charge in [-0.25, -0.2) is 19.9 Å². The van der Waals surface area contributed by atoms with E-state index < -0.39 is 40.6 Å². The van der Waals surface area contributed by atoms with E-state index in [4.69, 9.17) is 0 Å². The van der Waals surface area contributed by atoms with Crippen molar-refractivity contribution in [2.75, 3.05) is 10.2 Å². The van der Waals surface area contributed by atoms with Crippen LogP contribution in [-0.2, 0) is 14.4 Å². The van der Waals surface area contributed by atoms with Crippen molar-refractivity contribution in [2.24, 2.45) is 5.92 Å². The fourth-order valence-corrected chi connectivity index (χ4v) is 2.65. The number of anilines is 2. The molecule has 31 heavy (non-hydrogen) atoms. The van der Waals surface area contributed by atoms with E-state index in [0.717, 1.165) is 12.1 Å². The van der Waals surface area contributed by atoms with E-state index >= 15 is 0 Å². The Labute approximate surface area is 173 Å². The highest BCUT2D eigenvalue weighted by Gasteiger charge is 2.45. The van der Waals surface area contributed by atoms with Crippen LogP contribution in [0.5, 0.6) is 0 Å². The zero-order chi connectivity index (χ0) is 22.5. The Morgan fingerprint density at radius 2 is 1.61 bits per heavy atom. The molecule has 0 bridgehead atoms. The lowest BCUT2D eigenvalue weighted by Crippen LogP contribution is -2.63. The largest absolute Gasteiger partial charge is 0.337 e. The molecule has 0 spiro atoms. The van der Waals surface area contributed by atoms with Crippen LogP contribution < -0.4 is 26.4 Å². The van der Waals surface area contributed by atoms with Gasteiger partial charge in [0, 0.05) is 17.8 Å². The number of imide groups is 2. The van der Waals surface area contributed by atoms with Gasteiger partial charge in [-0.2, -0.15) is 0 Å². The third-order valence-corrected chi connectivity index (χ3v) is 4.07. The average Bonchev–Trinajstić information content (AvgIpc) is 2.73. The van der Waals surface area contributed by atoms with Crippen LogP contribution in [0.15, 0.2) is 54.6 Å². The normalized spacial score (nSPS) is 15.7. The third kappa shape index (κ3) is 4.61. The Balaban J connectivity index is 1.63. The van der Waals surface area contributed by atoms with Gasteiger partial charge in [-0.1, -0.05) is 18.2 Å². The van der Waals surface area contributed by atoms with Crippen molar-refractivity contribution in [1.29, 1.82) is 0 Å². The predicted molar refractivity (Wildman–Crippen MR) is 104 cm³/mol. The smallest absolute Gasteiger partial charge is 0.307 e. The first-order chi connectivity index (χ1) is 14.8. The minimum atomic E-state index is -1.92. The van der Waals surface area contributed by atoms with Gasteiger partial charge >= 0.3 is 12.1 Å². The molecular formula is C18H14N6O7. The SMILES string of the molecule is O=C(NNC(=O)C1C(=O)NC(=O)N(c2ccccc2)C1=O)Nc1ccc([N+](=O)[O-])cc1. The van der Waals surface area contributed by atoms with E-state index in [2.05, 4.69) is 5.32 Å². The van der Waals surface area contributed by atoms with Crippen molar-refractivity contribution in [1.82, 2.24) is 16.2 Å². The highest BCUT2D eigenvalue weighted by atomic mass is 16.6. The summed E-state index contributed by atoms with van der Waals surface area (Å²) in [6.07, 6.45) is 0. The van der Waals surface area contributed by atoms with Crippen molar-refractivity contribution in [2.45, 2.75) is 0 Å². The van der Waals surface area contributed by atoms with Crippen molar-refractivity contribution < 1.29 is 28.9 Å². The summed E-state index contributed by atoms with van der Waals surface area (Å²) >= 11 is 0. The Hall–Kier alpha value is -4.81. The van der Waals surface area contributed by atoms with Crippen LogP contribution in [0.3, 0.4) is 0 Å². The average molecular weight is 426 g/mol. The number of benzene rings is 2. The van der Waals surface area contributed by atoms with Crippen LogP contribution in [0, 0.1) is 16.0 Å². The lowest BCUT2D eigenvalue weighted by Gasteiger charge is -2.29. The molecule has 13 heteroatoms. The fourth-order valence-electron chi connectivity index (χ4n) is 2.65. The summed E-state index contributed by atoms with van der Waals surface area (Å²) < 4.78 is 0. The van der Waals surface area contributed by atoms with Gasteiger partial charge < -0.3 is 5.32 Å². The number of non-ortho nitro benzene ring substituents is 1. The van der Waals surface area contributed by atoms with Crippen molar-refractivity contribution in [3.63, 3.8) is 0 Å². The highest BCUT2D eigenvalue weighted by Crippen LogP contribution is 2.20. The first-order valence-electron chi connectivity index (χ1n) is 8.63. The lowest BCUT2D eigenvalue weighted by atomic mass is 10.0. The van der Waals surface area contributed by atoms with E-state index in [1.165, 1.54) is 24.3 Å². The molecule has 1 unspecified atom stereocenters. The molecule has 0 saturated carbocycles. The quantitative estimate of drug-likeness (QED) is 0.314. The van der Waals surface area contributed by atoms with Crippen molar-refractivity contribution >= 4 is 46.8 Å². The van der Waals surface area contributed by atoms with Gasteiger partial charge in [0.05, 0.1) is 10.6 Å². The van der Waals surface area contributed by atoms with Crippen molar-refractivity contribution in [3.05, 3.63) is 64.7 Å². The Bertz CT molecular complexity index is 1070. The second-order valence-corrected chi connectivity index (χ2v) is 6.11. The summed E-state index contributed by atoms with van der Waals surface area (Å²) in [5, 5.41) is 14.8. The number of rotatable bonds is 4. The first kappa shape index (κ1) is 20.9. The number of nitrogens with zero attached hydrogens (tertiary/aromatic N) is 2. The molecule has 3 rings (SSSR count). The summed E-state index contributed by atoms with van der Waals surface area (Å²) in [6, 6.07) is 10.6. The molecule has 2 aromatic carbocycles. The van der Waals surface area contributed by atoms with Gasteiger partial charge in [-0.05, 0) is 24.3 Å². The Kier molecular flexibility index (Phi) is 5.86. The van der Waals surface area contributed by atoms with Gasteiger partial charge in [0.1, 0.15) is 0 Å². The number of hydrazine groups is 1. The number of carbonyl (C=O) groups excluding carboxylic acids is 5. The van der Waals surface area contributed by atoms with Gasteiger partial charge in [0.2, 0.25) is 5.91 Å². The van der Waals surface area contributed by atoms with Crippen LogP contribution in [0.1, 0.15) is 0 Å². The molecule has 2 aromatic rings. The van der Waals surface area contributed by atoms with E-state index in [1.54, 1.807) is 18.2 Å². The van der Waals surface area contributed by atoms with E-state index in [-0.39, 0.29) is 17.1 Å². The molecule has 0 aliphatic carbocycles. The van der Waals surface area contributed by atoms with Gasteiger partial charge in [0.25, 0.3) is 17.5 Å². The standard InChI is InChI=1S/C18H14N6O7/c25-14-13(16(27)23(18(29)20-14)11-4-2-1-3-5-11)15(26)21-22-17(28)19-10-6-8-12(9-7-10)24(30)31/h1-9,13H,(H,21,26)(H2,19,22,28)(H,20,25,29). The molecule has 7 amide bonds. The third-order valence-electron chi connectivity index (χ3n) is 4.07. The first-order valence-corrected chi connectivity index (χ1v) is 8.63. The molecule has 1 aliphatic heterocycles. The van der Waals surface area contributed by atoms with Crippen LogP contribution in [-0.4, -0.2) is 34.7 Å².